The van der Waals surface area contributed by atoms with Crippen LogP contribution >= 0.6 is 0 Å². The van der Waals surface area contributed by atoms with Gasteiger partial charge < -0.3 is 18.6 Å². The molecule has 0 unspecified atom stereocenters. The van der Waals surface area contributed by atoms with E-state index < -0.39 is 0 Å². The summed E-state index contributed by atoms with van der Waals surface area (Å²) in [7, 11) is 0. The lowest BCUT2D eigenvalue weighted by molar-refractivity contribution is 0.444. The monoisotopic (exact) mass is 1100 g/mol. The highest BCUT2D eigenvalue weighted by molar-refractivity contribution is 7.00. The maximum atomic E-state index is 6.41. The Labute approximate surface area is 499 Å². The highest BCUT2D eigenvalue weighted by Gasteiger charge is 2.45. The summed E-state index contributed by atoms with van der Waals surface area (Å²) < 4.78 is 12.8. The van der Waals surface area contributed by atoms with Crippen molar-refractivity contribution < 1.29 is 8.83 Å². The summed E-state index contributed by atoms with van der Waals surface area (Å²) in [5.74, 6) is 0.423. The molecular weight excluding hydrogens is 1030 g/mol. The van der Waals surface area contributed by atoms with E-state index in [2.05, 4.69) is 282 Å². The number of para-hydroxylation sites is 4. The highest BCUT2D eigenvalue weighted by Crippen LogP contribution is 2.51. The molecule has 0 amide bonds. The van der Waals surface area contributed by atoms with E-state index in [9.17, 15) is 0 Å². The first kappa shape index (κ1) is 51.3. The van der Waals surface area contributed by atoms with Crippen LogP contribution in [0, 0.1) is 0 Å². The zero-order valence-electron chi connectivity index (χ0n) is 49.3. The number of furan rings is 2. The summed E-state index contributed by atoms with van der Waals surface area (Å²) in [6.45, 7) is 13.7. The van der Waals surface area contributed by atoms with Crippen molar-refractivity contribution >= 4 is 101 Å². The molecule has 2 aliphatic heterocycles. The lowest BCUT2D eigenvalue weighted by Crippen LogP contribution is -2.61. The molecule has 0 radical (unpaired) electrons. The van der Waals surface area contributed by atoms with Crippen molar-refractivity contribution in [3.63, 3.8) is 0 Å². The molecule has 1 aliphatic carbocycles. The summed E-state index contributed by atoms with van der Waals surface area (Å²) in [5, 5.41) is 4.51. The molecule has 3 aliphatic rings. The van der Waals surface area contributed by atoms with Crippen molar-refractivity contribution in [2.75, 3.05) is 9.80 Å². The van der Waals surface area contributed by atoms with Gasteiger partial charge in [0, 0.05) is 55.4 Å². The fourth-order valence-electron chi connectivity index (χ4n) is 14.5. The first-order valence-electron chi connectivity index (χ1n) is 30.7. The van der Waals surface area contributed by atoms with E-state index in [1.165, 1.54) is 110 Å². The summed E-state index contributed by atoms with van der Waals surface area (Å²) in [5.41, 5.74) is 28.2. The number of nitrogens with zero attached hydrogens (tertiary/aromatic N) is 2. The van der Waals surface area contributed by atoms with Crippen LogP contribution in [-0.4, -0.2) is 6.71 Å². The Morgan fingerprint density at radius 3 is 1.19 bits per heavy atom. The second-order valence-corrected chi connectivity index (χ2v) is 26.3. The predicted molar refractivity (Wildman–Crippen MR) is 360 cm³/mol. The van der Waals surface area contributed by atoms with Gasteiger partial charge in [0.2, 0.25) is 0 Å². The molecule has 1 fully saturated rings. The maximum Gasteiger partial charge on any atom is 0.252 e. The molecule has 5 heteroatoms. The minimum Gasteiger partial charge on any atom is -0.456 e. The molecular formula is C80H67BN2O2. The van der Waals surface area contributed by atoms with Gasteiger partial charge in [-0.05, 0) is 169 Å². The van der Waals surface area contributed by atoms with E-state index in [1.54, 1.807) is 0 Å². The van der Waals surface area contributed by atoms with Crippen LogP contribution in [0.3, 0.4) is 0 Å². The Morgan fingerprint density at radius 2 is 0.729 bits per heavy atom. The third-order valence-electron chi connectivity index (χ3n) is 19.0. The number of benzene rings is 11. The predicted octanol–water partition coefficient (Wildman–Crippen LogP) is 20.9. The van der Waals surface area contributed by atoms with E-state index in [-0.39, 0.29) is 17.5 Å². The van der Waals surface area contributed by atoms with Crippen LogP contribution < -0.4 is 26.2 Å². The van der Waals surface area contributed by atoms with E-state index in [4.69, 9.17) is 8.83 Å². The van der Waals surface area contributed by atoms with Gasteiger partial charge in [-0.25, -0.2) is 0 Å². The fraction of sp³-hybridized carbons (Fsp3) is 0.175. The van der Waals surface area contributed by atoms with Crippen LogP contribution in [0.25, 0.3) is 88.4 Å². The minimum absolute atomic E-state index is 0.0272. The van der Waals surface area contributed by atoms with Gasteiger partial charge in [-0.2, -0.15) is 0 Å². The van der Waals surface area contributed by atoms with Gasteiger partial charge in [0.1, 0.15) is 22.3 Å². The largest absolute Gasteiger partial charge is 0.456 e. The molecule has 16 rings (SSSR count). The van der Waals surface area contributed by atoms with Crippen LogP contribution in [0.15, 0.2) is 239 Å². The Balaban J connectivity index is 0.984. The van der Waals surface area contributed by atoms with Gasteiger partial charge in [-0.15, -0.1) is 0 Å². The second kappa shape index (κ2) is 19.6. The lowest BCUT2D eigenvalue weighted by Gasteiger charge is -2.45. The first-order chi connectivity index (χ1) is 41.4. The molecule has 0 N–H and O–H groups in total. The number of rotatable bonds is 7. The molecule has 2 aromatic heterocycles. The third-order valence-corrected chi connectivity index (χ3v) is 19.0. The van der Waals surface area contributed by atoms with Gasteiger partial charge >= 0.3 is 0 Å². The molecule has 85 heavy (non-hydrogen) atoms. The standard InChI is InChI=1S/C80H67BN2O2/c1-79(2,3)58-36-28-51(29-37-58)60-20-10-14-24-68(60)82-70-46-55(53-34-42-76-64(44-53)62-22-12-16-26-74(62)84-76)32-40-66(70)81-67-41-33-56(54-35-43-77-65(45-54)63-23-13-17-27-75(63)85-77)47-71(67)83(73-49-57(48-72(82)78(73)81)50-18-8-7-9-19-50)69-25-15-11-21-61(69)52-30-38-59(39-31-52)80(4,5)6/h10-17,20-50H,7-9,18-19H2,1-6H3. The molecule has 0 saturated heterocycles. The zero-order valence-corrected chi connectivity index (χ0v) is 49.3. The van der Waals surface area contributed by atoms with E-state index in [1.807, 2.05) is 0 Å². The van der Waals surface area contributed by atoms with Crippen LogP contribution in [0.2, 0.25) is 0 Å². The van der Waals surface area contributed by atoms with Crippen LogP contribution in [0.5, 0.6) is 0 Å². The third kappa shape index (κ3) is 8.56. The van der Waals surface area contributed by atoms with Crippen LogP contribution in [-0.2, 0) is 10.8 Å². The number of anilines is 6. The van der Waals surface area contributed by atoms with Crippen molar-refractivity contribution in [1.29, 1.82) is 0 Å². The molecule has 13 aromatic rings. The van der Waals surface area contributed by atoms with Crippen molar-refractivity contribution in [1.82, 2.24) is 0 Å². The zero-order chi connectivity index (χ0) is 57.3. The normalized spacial score (nSPS) is 14.4. The summed E-state index contributed by atoms with van der Waals surface area (Å²) in [4.78, 5) is 5.33. The van der Waals surface area contributed by atoms with Crippen LogP contribution in [0.1, 0.15) is 96.3 Å². The van der Waals surface area contributed by atoms with Gasteiger partial charge in [0.05, 0.1) is 11.4 Å². The smallest absolute Gasteiger partial charge is 0.252 e. The highest BCUT2D eigenvalue weighted by atomic mass is 16.3. The SMILES string of the molecule is CC(C)(C)c1ccc(-c2ccccc2N2c3cc(-c4ccc5oc6ccccc6c5c4)ccc3B3c4ccc(-c5ccc6oc7ccccc7c6c5)cc4N(c4ccccc4-c4ccc(C(C)(C)C)cc4)c4cc(C5CCCCC5)cc2c43)cc1. The van der Waals surface area contributed by atoms with Gasteiger partial charge in [-0.3, -0.25) is 0 Å². The maximum absolute atomic E-state index is 6.41. The summed E-state index contributed by atoms with van der Waals surface area (Å²) >= 11 is 0. The quantitative estimate of drug-likeness (QED) is 0.149. The van der Waals surface area contributed by atoms with E-state index >= 15 is 0 Å². The number of hydrogen-bond donors (Lipinski definition) is 0. The van der Waals surface area contributed by atoms with Crippen molar-refractivity contribution in [3.05, 3.63) is 247 Å². The van der Waals surface area contributed by atoms with E-state index in [0.717, 1.165) is 77.5 Å². The molecule has 0 atom stereocenters. The Kier molecular flexibility index (Phi) is 11.9. The molecule has 4 heterocycles. The minimum atomic E-state index is -0.0944. The average Bonchev–Trinajstić information content (AvgIpc) is 2.71. The fourth-order valence-corrected chi connectivity index (χ4v) is 14.5. The van der Waals surface area contributed by atoms with Crippen molar-refractivity contribution in [2.24, 2.45) is 0 Å². The molecule has 4 nitrogen and oxygen atoms in total. The number of hydrogen-bond acceptors (Lipinski definition) is 4. The Bertz CT molecular complexity index is 4500. The second-order valence-electron chi connectivity index (χ2n) is 26.3. The molecule has 0 bridgehead atoms. The average molecular weight is 1100 g/mol. The molecule has 412 valence electrons. The number of fused-ring (bicyclic) bond motifs is 10. The lowest BCUT2D eigenvalue weighted by atomic mass is 9.33. The molecule has 1 saturated carbocycles. The summed E-state index contributed by atoms with van der Waals surface area (Å²) in [6.07, 6.45) is 6.10. The topological polar surface area (TPSA) is 32.8 Å². The summed E-state index contributed by atoms with van der Waals surface area (Å²) in [6, 6.07) is 87.2. The van der Waals surface area contributed by atoms with E-state index in [0.29, 0.717) is 5.92 Å². The Morgan fingerprint density at radius 1 is 0.341 bits per heavy atom. The van der Waals surface area contributed by atoms with Crippen molar-refractivity contribution in [3.8, 4) is 44.5 Å². The molecule has 11 aromatic carbocycles. The van der Waals surface area contributed by atoms with Crippen LogP contribution in [0.4, 0.5) is 34.1 Å². The van der Waals surface area contributed by atoms with Gasteiger partial charge in [-0.1, -0.05) is 219 Å². The molecule has 0 spiro atoms. The first-order valence-corrected chi connectivity index (χ1v) is 30.7. The van der Waals surface area contributed by atoms with Crippen molar-refractivity contribution in [2.45, 2.75) is 90.4 Å². The van der Waals surface area contributed by atoms with Gasteiger partial charge in [0.15, 0.2) is 0 Å². The Hall–Kier alpha value is -9.32. The van der Waals surface area contributed by atoms with Gasteiger partial charge in [0.25, 0.3) is 6.71 Å².